The topological polar surface area (TPSA) is 92.9 Å². The van der Waals surface area contributed by atoms with Crippen LogP contribution in [-0.4, -0.2) is 66.9 Å². The molecule has 0 saturated carbocycles. The second kappa shape index (κ2) is 7.26. The average Bonchev–Trinajstić information content (AvgIpc) is 3.24. The number of nitrogens with zero attached hydrogens (tertiary/aromatic N) is 8. The monoisotopic (exact) mass is 350 g/mol. The lowest BCUT2D eigenvalue weighted by Crippen LogP contribution is -2.49. The molecule has 4 rings (SSSR count). The van der Waals surface area contributed by atoms with E-state index in [4.69, 9.17) is 0 Å². The van der Waals surface area contributed by atoms with Gasteiger partial charge in [0.1, 0.15) is 12.7 Å². The smallest absolute Gasteiger partial charge is 0.227 e. The number of anilines is 1. The molecule has 3 aromatic rings. The third-order valence-corrected chi connectivity index (χ3v) is 4.32. The van der Waals surface area contributed by atoms with E-state index in [2.05, 4.69) is 30.2 Å². The highest BCUT2D eigenvalue weighted by Gasteiger charge is 2.22. The number of hydrogen-bond acceptors (Lipinski definition) is 7. The lowest BCUT2D eigenvalue weighted by Gasteiger charge is -2.35. The summed E-state index contributed by atoms with van der Waals surface area (Å²) in [5.74, 6) is 1.55. The van der Waals surface area contributed by atoms with Gasteiger partial charge in [-0.15, -0.1) is 10.2 Å². The first-order valence-corrected chi connectivity index (χ1v) is 8.40. The molecule has 26 heavy (non-hydrogen) atoms. The largest absolute Gasteiger partial charge is 0.352 e. The van der Waals surface area contributed by atoms with E-state index in [1.54, 1.807) is 23.4 Å². The fraction of sp³-hybridized carbons (Fsp3) is 0.294. The minimum absolute atomic E-state index is 0.130. The van der Waals surface area contributed by atoms with Gasteiger partial charge >= 0.3 is 0 Å². The molecule has 0 bridgehead atoms. The molecule has 3 aromatic heterocycles. The molecule has 0 atom stereocenters. The maximum Gasteiger partial charge on any atom is 0.227 e. The molecule has 0 radical (unpaired) electrons. The van der Waals surface area contributed by atoms with Gasteiger partial charge in [-0.05, 0) is 23.8 Å². The zero-order valence-electron chi connectivity index (χ0n) is 14.1. The fourth-order valence-electron chi connectivity index (χ4n) is 2.91. The molecule has 1 amide bonds. The molecule has 0 N–H and O–H groups in total. The number of carbonyl (C=O) groups is 1. The molecule has 4 heterocycles. The van der Waals surface area contributed by atoms with E-state index in [0.717, 1.165) is 24.5 Å². The van der Waals surface area contributed by atoms with Gasteiger partial charge in [-0.1, -0.05) is 6.07 Å². The van der Waals surface area contributed by atoms with E-state index in [1.807, 2.05) is 29.2 Å². The zero-order valence-corrected chi connectivity index (χ0v) is 14.1. The van der Waals surface area contributed by atoms with E-state index in [-0.39, 0.29) is 5.91 Å². The third-order valence-electron chi connectivity index (χ3n) is 4.32. The Morgan fingerprint density at radius 2 is 1.81 bits per heavy atom. The van der Waals surface area contributed by atoms with Gasteiger partial charge in [-0.25, -0.2) is 9.67 Å². The van der Waals surface area contributed by atoms with Crippen molar-refractivity contribution in [1.29, 1.82) is 0 Å². The van der Waals surface area contributed by atoms with Crippen molar-refractivity contribution in [3.05, 3.63) is 54.9 Å². The molecular weight excluding hydrogens is 332 g/mol. The van der Waals surface area contributed by atoms with Crippen molar-refractivity contribution in [3.8, 4) is 5.82 Å². The molecular formula is C17H18N8O. The van der Waals surface area contributed by atoms with Crippen molar-refractivity contribution in [2.45, 2.75) is 6.42 Å². The van der Waals surface area contributed by atoms with E-state index < -0.39 is 0 Å². The molecule has 0 unspecified atom stereocenters. The van der Waals surface area contributed by atoms with Crippen LogP contribution in [0.2, 0.25) is 0 Å². The Morgan fingerprint density at radius 1 is 1.00 bits per heavy atom. The molecule has 1 saturated heterocycles. The van der Waals surface area contributed by atoms with Gasteiger partial charge in [-0.3, -0.25) is 9.78 Å². The Balaban J connectivity index is 1.34. The van der Waals surface area contributed by atoms with Gasteiger partial charge in [0.2, 0.25) is 5.91 Å². The SMILES string of the molecule is O=C(Cc1cccnc1)N1CCN(c2ccc(-n3cncn3)nn2)CC1. The van der Waals surface area contributed by atoms with E-state index in [9.17, 15) is 4.79 Å². The first-order valence-electron chi connectivity index (χ1n) is 8.40. The Labute approximate surface area is 150 Å². The number of carbonyl (C=O) groups excluding carboxylic acids is 1. The van der Waals surface area contributed by atoms with Crippen LogP contribution in [0.1, 0.15) is 5.56 Å². The van der Waals surface area contributed by atoms with Crippen molar-refractivity contribution in [2.75, 3.05) is 31.1 Å². The average molecular weight is 350 g/mol. The van der Waals surface area contributed by atoms with Gasteiger partial charge in [0.05, 0.1) is 6.42 Å². The number of rotatable bonds is 4. The number of piperazine rings is 1. The normalized spacial score (nSPS) is 14.5. The molecule has 132 valence electrons. The Morgan fingerprint density at radius 3 is 2.46 bits per heavy atom. The van der Waals surface area contributed by atoms with Crippen LogP contribution in [0.5, 0.6) is 0 Å². The van der Waals surface area contributed by atoms with Crippen LogP contribution >= 0.6 is 0 Å². The summed E-state index contributed by atoms with van der Waals surface area (Å²) in [5, 5.41) is 12.5. The molecule has 9 heteroatoms. The predicted molar refractivity (Wildman–Crippen MR) is 93.7 cm³/mol. The lowest BCUT2D eigenvalue weighted by molar-refractivity contribution is -0.130. The van der Waals surface area contributed by atoms with E-state index >= 15 is 0 Å². The lowest BCUT2D eigenvalue weighted by atomic mass is 10.2. The van der Waals surface area contributed by atoms with Gasteiger partial charge in [-0.2, -0.15) is 5.10 Å². The number of hydrogen-bond donors (Lipinski definition) is 0. The minimum Gasteiger partial charge on any atom is -0.352 e. The highest BCUT2D eigenvalue weighted by molar-refractivity contribution is 5.79. The van der Waals surface area contributed by atoms with Crippen molar-refractivity contribution in [1.82, 2.24) is 34.8 Å². The molecule has 1 aliphatic rings. The first kappa shape index (κ1) is 16.1. The van der Waals surface area contributed by atoms with E-state index in [1.165, 1.54) is 6.33 Å². The summed E-state index contributed by atoms with van der Waals surface area (Å²) < 4.78 is 1.56. The minimum atomic E-state index is 0.130. The van der Waals surface area contributed by atoms with Crippen molar-refractivity contribution < 1.29 is 4.79 Å². The molecule has 0 aliphatic carbocycles. The Bertz CT molecular complexity index is 842. The van der Waals surface area contributed by atoms with Crippen LogP contribution in [0.3, 0.4) is 0 Å². The standard InChI is InChI=1S/C17H18N8O/c26-17(10-14-2-1-5-18-11-14)24-8-6-23(7-9-24)15-3-4-16(22-21-15)25-13-19-12-20-25/h1-5,11-13H,6-10H2. The maximum atomic E-state index is 12.4. The second-order valence-corrected chi connectivity index (χ2v) is 6.00. The van der Waals surface area contributed by atoms with Crippen LogP contribution in [0.25, 0.3) is 5.82 Å². The molecule has 1 aliphatic heterocycles. The van der Waals surface area contributed by atoms with Crippen molar-refractivity contribution in [2.24, 2.45) is 0 Å². The van der Waals surface area contributed by atoms with Gasteiger partial charge in [0, 0.05) is 38.6 Å². The number of amides is 1. The van der Waals surface area contributed by atoms with Crippen LogP contribution in [0.4, 0.5) is 5.82 Å². The Hall–Kier alpha value is -3.36. The predicted octanol–water partition coefficient (Wildman–Crippen LogP) is 0.344. The number of aromatic nitrogens is 6. The number of pyridine rings is 1. The van der Waals surface area contributed by atoms with Gasteiger partial charge in [0.25, 0.3) is 0 Å². The van der Waals surface area contributed by atoms with Gasteiger partial charge < -0.3 is 9.80 Å². The summed E-state index contributed by atoms with van der Waals surface area (Å²) in [6.45, 7) is 2.81. The molecule has 0 aromatic carbocycles. The zero-order chi connectivity index (χ0) is 17.8. The van der Waals surface area contributed by atoms with Gasteiger partial charge in [0.15, 0.2) is 11.6 Å². The molecule has 1 fully saturated rings. The molecule has 9 nitrogen and oxygen atoms in total. The quantitative estimate of drug-likeness (QED) is 0.670. The summed E-state index contributed by atoms with van der Waals surface area (Å²) in [4.78, 5) is 24.4. The van der Waals surface area contributed by atoms with Crippen LogP contribution in [-0.2, 0) is 11.2 Å². The summed E-state index contributed by atoms with van der Waals surface area (Å²) in [5.41, 5.74) is 0.939. The summed E-state index contributed by atoms with van der Waals surface area (Å²) in [6, 6.07) is 7.55. The Kier molecular flexibility index (Phi) is 4.50. The second-order valence-electron chi connectivity index (χ2n) is 6.00. The molecule has 0 spiro atoms. The van der Waals surface area contributed by atoms with Crippen LogP contribution < -0.4 is 4.90 Å². The van der Waals surface area contributed by atoms with Crippen molar-refractivity contribution >= 4 is 11.7 Å². The maximum absolute atomic E-state index is 12.4. The van der Waals surface area contributed by atoms with Crippen molar-refractivity contribution in [3.63, 3.8) is 0 Å². The third kappa shape index (κ3) is 3.51. The van der Waals surface area contributed by atoms with E-state index in [0.29, 0.717) is 25.3 Å². The fourth-order valence-corrected chi connectivity index (χ4v) is 2.91. The summed E-state index contributed by atoms with van der Waals surface area (Å²) in [6.07, 6.45) is 6.87. The van der Waals surface area contributed by atoms with Crippen LogP contribution in [0.15, 0.2) is 49.3 Å². The summed E-state index contributed by atoms with van der Waals surface area (Å²) in [7, 11) is 0. The first-order chi connectivity index (χ1) is 12.8. The highest BCUT2D eigenvalue weighted by Crippen LogP contribution is 2.14. The van der Waals surface area contributed by atoms with Crippen LogP contribution in [0, 0.1) is 0 Å². The summed E-state index contributed by atoms with van der Waals surface area (Å²) >= 11 is 0. The highest BCUT2D eigenvalue weighted by atomic mass is 16.2.